The molecule has 2 aliphatic heterocycles. The molecule has 64 heavy (non-hydrogen) atoms. The van der Waals surface area contributed by atoms with Crippen molar-refractivity contribution < 1.29 is 27.6 Å². The van der Waals surface area contributed by atoms with E-state index in [4.69, 9.17) is 9.47 Å². The number of carbonyl (C=O) groups excluding carboxylic acids is 1. The van der Waals surface area contributed by atoms with Crippen LogP contribution in [0, 0.1) is 26.9 Å². The number of hydrogen-bond donors (Lipinski definition) is 3. The second-order valence-electron chi connectivity index (χ2n) is 19.3. The van der Waals surface area contributed by atoms with E-state index in [1.54, 1.807) is 24.4 Å². The van der Waals surface area contributed by atoms with E-state index < -0.39 is 31.4 Å². The highest BCUT2D eigenvalue weighted by Gasteiger charge is 2.66. The van der Waals surface area contributed by atoms with Gasteiger partial charge in [-0.05, 0) is 104 Å². The average Bonchev–Trinajstić information content (AvgIpc) is 3.84. The monoisotopic (exact) mass is 952 g/mol. The summed E-state index contributed by atoms with van der Waals surface area (Å²) < 4.78 is 43.3. The predicted octanol–water partition coefficient (Wildman–Crippen LogP) is 8.92. The number of halogens is 1. The lowest BCUT2D eigenvalue weighted by Gasteiger charge is -2.58. The number of carbonyl (C=O) groups is 1. The Labute approximate surface area is 381 Å². The third kappa shape index (κ3) is 8.13. The highest BCUT2D eigenvalue weighted by Crippen LogP contribution is 2.62. The molecule has 0 bridgehead atoms. The second kappa shape index (κ2) is 16.4. The van der Waals surface area contributed by atoms with E-state index in [1.807, 2.05) is 12.1 Å². The number of nitro groups is 1. The molecule has 1 spiro atoms. The lowest BCUT2D eigenvalue weighted by Crippen LogP contribution is -2.60. The van der Waals surface area contributed by atoms with Crippen LogP contribution in [0.1, 0.15) is 87.6 Å². The van der Waals surface area contributed by atoms with Gasteiger partial charge >= 0.3 is 5.69 Å². The van der Waals surface area contributed by atoms with Crippen LogP contribution in [0.2, 0.25) is 0 Å². The van der Waals surface area contributed by atoms with Crippen molar-refractivity contribution >= 4 is 60.1 Å². The van der Waals surface area contributed by atoms with Gasteiger partial charge in [0.2, 0.25) is 5.82 Å². The number of fused-ring (bicyclic) bond motifs is 2. The van der Waals surface area contributed by atoms with Crippen molar-refractivity contribution in [3.8, 4) is 11.5 Å². The zero-order valence-electron chi connectivity index (χ0n) is 36.0. The second-order valence-corrected chi connectivity index (χ2v) is 21.8. The Balaban J connectivity index is 0.843. The summed E-state index contributed by atoms with van der Waals surface area (Å²) in [5, 5.41) is 16.0. The molecule has 15 nitrogen and oxygen atoms in total. The zero-order valence-corrected chi connectivity index (χ0v) is 38.4. The Morgan fingerprint density at radius 2 is 1.78 bits per heavy atom. The molecule has 5 heterocycles. The maximum atomic E-state index is 14.0. The number of rotatable bonds is 12. The van der Waals surface area contributed by atoms with Gasteiger partial charge < -0.3 is 24.7 Å². The van der Waals surface area contributed by atoms with Gasteiger partial charge in [0.15, 0.2) is 0 Å². The van der Waals surface area contributed by atoms with Crippen molar-refractivity contribution in [3.05, 3.63) is 105 Å². The van der Waals surface area contributed by atoms with Gasteiger partial charge in [-0.25, -0.2) is 23.1 Å². The number of hydrogen-bond acceptors (Lipinski definition) is 12. The Bertz CT molecular complexity index is 2720. The number of aromatic amines is 1. The Morgan fingerprint density at radius 3 is 2.55 bits per heavy atom. The van der Waals surface area contributed by atoms with Crippen LogP contribution in [0.15, 0.2) is 88.6 Å². The number of nitrogens with zero attached hydrogens (tertiary/aromatic N) is 5. The first-order valence-corrected chi connectivity index (χ1v) is 24.6. The third-order valence-corrected chi connectivity index (χ3v) is 16.7. The van der Waals surface area contributed by atoms with E-state index in [2.05, 4.69) is 88.8 Å². The molecule has 3 saturated carbocycles. The first-order chi connectivity index (χ1) is 30.7. The summed E-state index contributed by atoms with van der Waals surface area (Å²) >= 11 is 3.83. The van der Waals surface area contributed by atoms with Crippen LogP contribution < -0.4 is 19.7 Å². The summed E-state index contributed by atoms with van der Waals surface area (Å²) in [4.78, 5) is 41.6. The first-order valence-electron chi connectivity index (χ1n) is 22.3. The molecule has 336 valence electrons. The molecule has 3 aromatic heterocycles. The molecule has 1 amide bonds. The fourth-order valence-electron chi connectivity index (χ4n) is 10.9. The standard InChI is InChI=1S/C47H53BrN8O7S/c1-45(2)12-9-30(10-13-45)27-50-43-39(56(58)59)23-35(29-52-43)64(60,61)53-44(57)36-8-7-32(22-40(36)63-34-21-31-11-16-49-42(31)51-28-34)54-17-14-46(15-18-54)24-33(25-46)55-19-20-62-41-26-47(41,55)37-5-3-4-6-38(37)48/h3-8,11,16,21-23,28-30,33,41H,9-10,12-15,17-20,24-27H2,1-2H3,(H,49,51)(H,50,52)(H,53,57)/t41?,47-/m1/s1. The summed E-state index contributed by atoms with van der Waals surface area (Å²) in [6.07, 6.45) is 14.0. The molecule has 3 aliphatic carbocycles. The van der Waals surface area contributed by atoms with Crippen molar-refractivity contribution in [1.29, 1.82) is 0 Å². The molecule has 17 heteroatoms. The third-order valence-electron chi connectivity index (χ3n) is 14.7. The molecule has 5 fully saturated rings. The van der Waals surface area contributed by atoms with E-state index in [0.29, 0.717) is 29.9 Å². The van der Waals surface area contributed by atoms with Gasteiger partial charge in [0.25, 0.3) is 15.9 Å². The normalized spacial score (nSPS) is 23.3. The summed E-state index contributed by atoms with van der Waals surface area (Å²) in [7, 11) is -4.60. The molecular weight excluding hydrogens is 901 g/mol. The van der Waals surface area contributed by atoms with E-state index >= 15 is 0 Å². The van der Waals surface area contributed by atoms with Gasteiger partial charge in [0.1, 0.15) is 22.0 Å². The molecular formula is C47H53BrN8O7S. The number of pyridine rings is 2. The molecule has 0 radical (unpaired) electrons. The van der Waals surface area contributed by atoms with Crippen LogP contribution in [0.5, 0.6) is 11.5 Å². The van der Waals surface area contributed by atoms with Crippen molar-refractivity contribution in [2.24, 2.45) is 16.7 Å². The Morgan fingerprint density at radius 1 is 1.00 bits per heavy atom. The molecule has 2 aromatic carbocycles. The minimum atomic E-state index is -4.60. The smallest absolute Gasteiger partial charge is 0.312 e. The van der Waals surface area contributed by atoms with E-state index in [0.717, 1.165) is 112 Å². The number of amides is 1. The van der Waals surface area contributed by atoms with Gasteiger partial charge in [0.05, 0.1) is 41.1 Å². The fourth-order valence-corrected chi connectivity index (χ4v) is 12.4. The van der Waals surface area contributed by atoms with E-state index in [-0.39, 0.29) is 39.6 Å². The maximum Gasteiger partial charge on any atom is 0.312 e. The van der Waals surface area contributed by atoms with Crippen LogP contribution in [0.3, 0.4) is 0 Å². The topological polar surface area (TPSA) is 185 Å². The largest absolute Gasteiger partial charge is 0.455 e. The number of sulfonamides is 1. The number of anilines is 2. The fraction of sp³-hybridized carbons (Fsp3) is 0.468. The van der Waals surface area contributed by atoms with Gasteiger partial charge in [-0.15, -0.1) is 0 Å². The van der Waals surface area contributed by atoms with Crippen molar-refractivity contribution in [2.75, 3.05) is 43.0 Å². The number of morpholine rings is 1. The van der Waals surface area contributed by atoms with Crippen LogP contribution in [0.4, 0.5) is 17.2 Å². The number of aromatic nitrogens is 3. The summed E-state index contributed by atoms with van der Waals surface area (Å²) in [5.41, 5.74) is 2.79. The SMILES string of the molecule is CC1(C)CCC(CNc2ncc(S(=O)(=O)NC(=O)c3ccc(N4CCC5(CC4)CC(N4CCOC6C[C@@]64c4ccccc4Br)C5)cc3Oc3cnc4[nH]ccc4c3)cc2[N+](=O)[O-])CC1. The van der Waals surface area contributed by atoms with Gasteiger partial charge in [0, 0.05) is 72.5 Å². The summed E-state index contributed by atoms with van der Waals surface area (Å²) in [6.45, 7) is 8.30. The summed E-state index contributed by atoms with van der Waals surface area (Å²) in [6, 6.07) is 18.8. The van der Waals surface area contributed by atoms with Crippen molar-refractivity contribution in [1.82, 2.24) is 24.6 Å². The molecule has 5 aliphatic rings. The quantitative estimate of drug-likeness (QED) is 0.0798. The van der Waals surface area contributed by atoms with Gasteiger partial charge in [-0.3, -0.25) is 19.8 Å². The number of benzene rings is 2. The van der Waals surface area contributed by atoms with Crippen LogP contribution in [0.25, 0.3) is 11.0 Å². The molecule has 10 rings (SSSR count). The number of H-pyrrole nitrogens is 1. The summed E-state index contributed by atoms with van der Waals surface area (Å²) in [5.74, 6) is -0.143. The zero-order chi connectivity index (χ0) is 44.4. The average molecular weight is 954 g/mol. The van der Waals surface area contributed by atoms with Crippen LogP contribution >= 0.6 is 15.9 Å². The van der Waals surface area contributed by atoms with Crippen LogP contribution in [-0.4, -0.2) is 84.0 Å². The molecule has 5 aromatic rings. The Kier molecular flexibility index (Phi) is 11.0. The van der Waals surface area contributed by atoms with E-state index in [1.165, 1.54) is 11.8 Å². The highest BCUT2D eigenvalue weighted by molar-refractivity contribution is 9.10. The van der Waals surface area contributed by atoms with Gasteiger partial charge in [-0.1, -0.05) is 48.0 Å². The van der Waals surface area contributed by atoms with Crippen LogP contribution in [-0.2, 0) is 20.3 Å². The first kappa shape index (κ1) is 42.8. The van der Waals surface area contributed by atoms with Crippen molar-refractivity contribution in [3.63, 3.8) is 0 Å². The lowest BCUT2D eigenvalue weighted by molar-refractivity contribution is -0.384. The minimum Gasteiger partial charge on any atom is -0.455 e. The Hall–Kier alpha value is -5.10. The van der Waals surface area contributed by atoms with Gasteiger partial charge in [-0.2, -0.15) is 0 Å². The van der Waals surface area contributed by atoms with Crippen molar-refractivity contribution in [2.45, 2.75) is 94.2 Å². The molecule has 3 N–H and O–H groups in total. The molecule has 1 unspecified atom stereocenters. The molecule has 2 saturated heterocycles. The number of piperidine rings is 1. The number of ether oxygens (including phenoxy) is 2. The maximum absolute atomic E-state index is 14.0. The van der Waals surface area contributed by atoms with E-state index in [9.17, 15) is 23.3 Å². The highest BCUT2D eigenvalue weighted by atomic mass is 79.9. The number of nitrogens with one attached hydrogen (secondary N) is 3. The predicted molar refractivity (Wildman–Crippen MR) is 246 cm³/mol. The minimum absolute atomic E-state index is 0.0153. The molecule has 2 atom stereocenters. The lowest BCUT2D eigenvalue weighted by atomic mass is 9.59.